The van der Waals surface area contributed by atoms with Gasteiger partial charge < -0.3 is 0 Å². The molecular weight excluding hydrogens is 412 g/mol. The van der Waals surface area contributed by atoms with Crippen molar-refractivity contribution >= 4 is 21.9 Å². The van der Waals surface area contributed by atoms with E-state index in [0.717, 1.165) is 36.8 Å². The number of nitrogens with zero attached hydrogens (tertiary/aromatic N) is 3. The predicted molar refractivity (Wildman–Crippen MR) is 118 cm³/mol. The van der Waals surface area contributed by atoms with Gasteiger partial charge in [-0.3, -0.25) is 4.79 Å². The molecule has 4 rings (SSSR count). The molecule has 1 heterocycles. The van der Waals surface area contributed by atoms with E-state index in [1.807, 2.05) is 47.3 Å². The highest BCUT2D eigenvalue weighted by atomic mass is 32.2. The summed E-state index contributed by atoms with van der Waals surface area (Å²) < 4.78 is 24.6. The average Bonchev–Trinajstić information content (AvgIpc) is 3.28. The molecule has 1 aromatic heterocycles. The topological polar surface area (TPSA) is 108 Å². The lowest BCUT2D eigenvalue weighted by atomic mass is 9.83. The Balaban J connectivity index is 1.36. The van der Waals surface area contributed by atoms with Gasteiger partial charge in [0.1, 0.15) is 5.69 Å². The minimum absolute atomic E-state index is 0.0463. The summed E-state index contributed by atoms with van der Waals surface area (Å²) in [4.78, 5) is 12.6. The summed E-state index contributed by atoms with van der Waals surface area (Å²) >= 11 is 0. The van der Waals surface area contributed by atoms with Gasteiger partial charge in [0.05, 0.1) is 17.1 Å². The molecule has 0 atom stereocenters. The molecule has 1 aliphatic carbocycles. The fourth-order valence-corrected chi connectivity index (χ4v) is 4.42. The number of primary sulfonamides is 1. The van der Waals surface area contributed by atoms with E-state index in [2.05, 4.69) is 10.3 Å². The predicted octanol–water partition coefficient (Wildman–Crippen LogP) is 3.61. The summed E-state index contributed by atoms with van der Waals surface area (Å²) in [5.41, 5.74) is 2.47. The van der Waals surface area contributed by atoms with Crippen molar-refractivity contribution in [3.63, 3.8) is 0 Å². The minimum Gasteiger partial charge on any atom is -0.295 e. The van der Waals surface area contributed by atoms with Crippen LogP contribution >= 0.6 is 0 Å². The number of aromatic nitrogens is 3. The van der Waals surface area contributed by atoms with Crippen LogP contribution in [0.25, 0.3) is 17.3 Å². The number of nitrogens with two attached hydrogens (primary N) is 1. The Bertz CT molecular complexity index is 1180. The first-order valence-electron chi connectivity index (χ1n) is 10.2. The van der Waals surface area contributed by atoms with Crippen LogP contribution in [0.3, 0.4) is 0 Å². The van der Waals surface area contributed by atoms with E-state index < -0.39 is 10.0 Å². The maximum atomic E-state index is 12.5. The molecule has 31 heavy (non-hydrogen) atoms. The van der Waals surface area contributed by atoms with E-state index in [4.69, 9.17) is 5.14 Å². The third-order valence-corrected chi connectivity index (χ3v) is 6.63. The van der Waals surface area contributed by atoms with E-state index in [1.54, 1.807) is 18.2 Å². The molecule has 0 aliphatic heterocycles. The summed E-state index contributed by atoms with van der Waals surface area (Å²) in [6.45, 7) is 0. The molecule has 3 aromatic rings. The highest BCUT2D eigenvalue weighted by Gasteiger charge is 2.26. The van der Waals surface area contributed by atoms with Gasteiger partial charge in [0.2, 0.25) is 10.0 Å². The SMILES string of the molecule is NS(=O)(=O)c1ccc(-c2cn(C3CCC(C(=O)/C=C/c4ccccc4)CC3)nn2)cc1. The van der Waals surface area contributed by atoms with E-state index in [1.165, 1.54) is 12.1 Å². The molecule has 2 N–H and O–H groups in total. The number of sulfonamides is 1. The summed E-state index contributed by atoms with van der Waals surface area (Å²) in [6, 6.07) is 16.3. The number of allylic oxidation sites excluding steroid dienone is 1. The van der Waals surface area contributed by atoms with E-state index in [0.29, 0.717) is 5.69 Å². The quantitative estimate of drug-likeness (QED) is 0.594. The average molecular weight is 437 g/mol. The van der Waals surface area contributed by atoms with E-state index in [-0.39, 0.29) is 22.6 Å². The second-order valence-electron chi connectivity index (χ2n) is 7.81. The van der Waals surface area contributed by atoms with Crippen molar-refractivity contribution in [2.24, 2.45) is 11.1 Å². The molecule has 1 saturated carbocycles. The summed E-state index contributed by atoms with van der Waals surface area (Å²) in [5.74, 6) is 0.224. The highest BCUT2D eigenvalue weighted by Crippen LogP contribution is 2.33. The van der Waals surface area contributed by atoms with Crippen LogP contribution in [-0.2, 0) is 14.8 Å². The van der Waals surface area contributed by atoms with Crippen molar-refractivity contribution < 1.29 is 13.2 Å². The Kier molecular flexibility index (Phi) is 6.11. The van der Waals surface area contributed by atoms with Crippen LogP contribution in [0, 0.1) is 5.92 Å². The van der Waals surface area contributed by atoms with Gasteiger partial charge in [0, 0.05) is 11.5 Å². The molecule has 8 heteroatoms. The van der Waals surface area contributed by atoms with Crippen LogP contribution in [0.1, 0.15) is 37.3 Å². The van der Waals surface area contributed by atoms with Crippen LogP contribution in [0.5, 0.6) is 0 Å². The van der Waals surface area contributed by atoms with Gasteiger partial charge in [-0.2, -0.15) is 0 Å². The lowest BCUT2D eigenvalue weighted by Crippen LogP contribution is -2.23. The van der Waals surface area contributed by atoms with Crippen molar-refractivity contribution in [3.05, 3.63) is 72.4 Å². The zero-order valence-corrected chi connectivity index (χ0v) is 17.8. The van der Waals surface area contributed by atoms with Gasteiger partial charge in [-0.25, -0.2) is 18.2 Å². The molecule has 160 valence electrons. The molecule has 0 amide bonds. The second kappa shape index (κ2) is 8.95. The highest BCUT2D eigenvalue weighted by molar-refractivity contribution is 7.89. The largest absolute Gasteiger partial charge is 0.295 e. The Labute approximate surface area is 181 Å². The van der Waals surface area contributed by atoms with Crippen LogP contribution in [-0.4, -0.2) is 29.2 Å². The minimum atomic E-state index is -3.72. The third kappa shape index (κ3) is 5.15. The summed E-state index contributed by atoms with van der Waals surface area (Å²) in [6.07, 6.45) is 8.81. The maximum Gasteiger partial charge on any atom is 0.238 e. The molecule has 0 bridgehead atoms. The lowest BCUT2D eigenvalue weighted by Gasteiger charge is -2.26. The maximum absolute atomic E-state index is 12.5. The normalized spacial score (nSPS) is 19.5. The first kappa shape index (κ1) is 21.1. The first-order chi connectivity index (χ1) is 14.9. The molecule has 0 saturated heterocycles. The van der Waals surface area contributed by atoms with Crippen LogP contribution in [0.15, 0.2) is 71.8 Å². The smallest absolute Gasteiger partial charge is 0.238 e. The molecule has 0 radical (unpaired) electrons. The van der Waals surface area contributed by atoms with Gasteiger partial charge in [-0.05, 0) is 49.5 Å². The third-order valence-electron chi connectivity index (χ3n) is 5.70. The van der Waals surface area contributed by atoms with Crippen molar-refractivity contribution in [1.29, 1.82) is 0 Å². The van der Waals surface area contributed by atoms with Crippen LogP contribution in [0.4, 0.5) is 0 Å². The molecule has 1 aliphatic rings. The molecule has 7 nitrogen and oxygen atoms in total. The number of rotatable bonds is 6. The number of hydrogen-bond donors (Lipinski definition) is 1. The number of carbonyl (C=O) groups excluding carboxylic acids is 1. The molecule has 0 spiro atoms. The van der Waals surface area contributed by atoms with Gasteiger partial charge >= 0.3 is 0 Å². The number of carbonyl (C=O) groups is 1. The fourth-order valence-electron chi connectivity index (χ4n) is 3.91. The molecule has 0 unspecified atom stereocenters. The van der Waals surface area contributed by atoms with Gasteiger partial charge in [-0.1, -0.05) is 53.8 Å². The number of hydrogen-bond acceptors (Lipinski definition) is 5. The Morgan fingerprint density at radius 2 is 1.68 bits per heavy atom. The zero-order valence-electron chi connectivity index (χ0n) is 17.0. The van der Waals surface area contributed by atoms with Crippen LogP contribution < -0.4 is 5.14 Å². The fraction of sp³-hybridized carbons (Fsp3) is 0.261. The molecule has 2 aromatic carbocycles. The van der Waals surface area contributed by atoms with Crippen molar-refractivity contribution in [2.45, 2.75) is 36.6 Å². The van der Waals surface area contributed by atoms with Gasteiger partial charge in [-0.15, -0.1) is 5.10 Å². The Morgan fingerprint density at radius 3 is 2.32 bits per heavy atom. The van der Waals surface area contributed by atoms with Crippen molar-refractivity contribution in [3.8, 4) is 11.3 Å². The zero-order chi connectivity index (χ0) is 21.8. The van der Waals surface area contributed by atoms with Crippen molar-refractivity contribution in [2.75, 3.05) is 0 Å². The standard InChI is InChI=1S/C23H24N4O3S/c24-31(29,30)21-13-9-18(10-14-21)22-16-27(26-25-22)20-11-7-19(8-12-20)23(28)15-6-17-4-2-1-3-5-17/h1-6,9-10,13-16,19-20H,7-8,11-12H2,(H2,24,29,30)/b15-6+. The first-order valence-corrected chi connectivity index (χ1v) is 11.8. The van der Waals surface area contributed by atoms with E-state index >= 15 is 0 Å². The van der Waals surface area contributed by atoms with Gasteiger partial charge in [0.25, 0.3) is 0 Å². The Hall–Kier alpha value is -3.10. The second-order valence-corrected chi connectivity index (χ2v) is 9.37. The monoisotopic (exact) mass is 436 g/mol. The lowest BCUT2D eigenvalue weighted by molar-refractivity contribution is -0.119. The van der Waals surface area contributed by atoms with E-state index in [9.17, 15) is 13.2 Å². The number of benzene rings is 2. The summed E-state index contributed by atoms with van der Waals surface area (Å²) in [7, 11) is -3.72. The molecular formula is C23H24N4O3S. The van der Waals surface area contributed by atoms with Gasteiger partial charge in [0.15, 0.2) is 5.78 Å². The van der Waals surface area contributed by atoms with Crippen molar-refractivity contribution in [1.82, 2.24) is 15.0 Å². The number of ketones is 1. The Morgan fingerprint density at radius 1 is 1.00 bits per heavy atom. The van der Waals surface area contributed by atoms with Crippen LogP contribution in [0.2, 0.25) is 0 Å². The summed E-state index contributed by atoms with van der Waals surface area (Å²) in [5, 5.41) is 13.6. The molecule has 1 fully saturated rings.